The molecule has 0 saturated heterocycles. The summed E-state index contributed by atoms with van der Waals surface area (Å²) in [7, 11) is 2.07. The second-order valence-electron chi connectivity index (χ2n) is 14.9. The van der Waals surface area contributed by atoms with Crippen LogP contribution >= 0.6 is 0 Å². The highest BCUT2D eigenvalue weighted by atomic mass is 16.3. The average Bonchev–Trinajstić information content (AvgIpc) is 3.43. The quantitative estimate of drug-likeness (QED) is 0.199. The predicted molar refractivity (Wildman–Crippen MR) is 181 cm³/mol. The lowest BCUT2D eigenvalue weighted by molar-refractivity contribution is -0.660. The molecule has 2 aliphatic rings. The van der Waals surface area contributed by atoms with E-state index in [1.165, 1.54) is 23.1 Å². The molecule has 0 spiro atoms. The minimum atomic E-state index is -0.588. The highest BCUT2D eigenvalue weighted by Crippen LogP contribution is 2.65. The number of furan rings is 1. The molecule has 3 heteroatoms. The van der Waals surface area contributed by atoms with E-state index < -0.39 is 5.89 Å². The van der Waals surface area contributed by atoms with E-state index in [9.17, 15) is 6.63 Å². The number of aryl methyl sites for hydroxylation is 2. The number of nitriles is 1. The predicted octanol–water partition coefficient (Wildman–Crippen LogP) is 10.6. The molecule has 2 aliphatic carbocycles. The van der Waals surface area contributed by atoms with Crippen LogP contribution in [0.1, 0.15) is 109 Å². The number of benzene rings is 3. The van der Waals surface area contributed by atoms with Crippen molar-refractivity contribution in [3.8, 4) is 28.5 Å². The van der Waals surface area contributed by atoms with E-state index in [-0.39, 0.29) is 16.2 Å². The topological polar surface area (TPSA) is 40.8 Å². The first-order valence-electron chi connectivity index (χ1n) is 16.8. The molecule has 2 aromatic heterocycles. The Kier molecular flexibility index (Phi) is 6.16. The van der Waals surface area contributed by atoms with Crippen LogP contribution in [0.2, 0.25) is 0 Å². The summed E-state index contributed by atoms with van der Waals surface area (Å²) in [6, 6.07) is 21.6. The maximum absolute atomic E-state index is 10.6. The number of aromatic nitrogens is 1. The van der Waals surface area contributed by atoms with E-state index in [2.05, 4.69) is 115 Å². The molecule has 5 aromatic rings. The summed E-state index contributed by atoms with van der Waals surface area (Å²) >= 11 is 0. The summed E-state index contributed by atoms with van der Waals surface area (Å²) in [4.78, 5) is 0. The molecule has 7 rings (SSSR count). The normalized spacial score (nSPS) is 19.9. The summed E-state index contributed by atoms with van der Waals surface area (Å²) < 4.78 is 18.9. The molecule has 0 radical (unpaired) electrons. The van der Waals surface area contributed by atoms with Gasteiger partial charge in [0.05, 0.1) is 17.2 Å². The molecule has 224 valence electrons. The third-order valence-electron chi connectivity index (χ3n) is 12.1. The van der Waals surface area contributed by atoms with Gasteiger partial charge in [-0.05, 0) is 87.9 Å². The van der Waals surface area contributed by atoms with Gasteiger partial charge in [-0.3, -0.25) is 0 Å². The van der Waals surface area contributed by atoms with Crippen molar-refractivity contribution in [2.45, 2.75) is 97.3 Å². The lowest BCUT2D eigenvalue weighted by Crippen LogP contribution is -2.42. The van der Waals surface area contributed by atoms with E-state index in [1.54, 1.807) is 0 Å². The van der Waals surface area contributed by atoms with E-state index in [0.29, 0.717) is 5.56 Å². The van der Waals surface area contributed by atoms with E-state index in [0.717, 1.165) is 75.6 Å². The van der Waals surface area contributed by atoms with Gasteiger partial charge in [-0.15, -0.1) is 0 Å². The molecule has 0 bridgehead atoms. The van der Waals surface area contributed by atoms with Crippen LogP contribution in [0, 0.1) is 23.7 Å². The van der Waals surface area contributed by atoms with Gasteiger partial charge in [0.2, 0.25) is 5.69 Å². The number of rotatable bonds is 3. The van der Waals surface area contributed by atoms with Crippen molar-refractivity contribution in [3.63, 3.8) is 0 Å². The summed E-state index contributed by atoms with van der Waals surface area (Å²) in [5.74, 6) is -0.588. The molecular weight excluding hydrogens is 536 g/mol. The van der Waals surface area contributed by atoms with Gasteiger partial charge >= 0.3 is 0 Å². The molecule has 3 nitrogen and oxygen atoms in total. The monoisotopic (exact) mass is 582 g/mol. The van der Waals surface area contributed by atoms with Gasteiger partial charge in [0, 0.05) is 29.8 Å². The zero-order chi connectivity index (χ0) is 32.1. The van der Waals surface area contributed by atoms with Crippen LogP contribution in [0.4, 0.5) is 0 Å². The number of nitrogens with zero attached hydrogens (tertiary/aromatic N) is 2. The number of fused-ring (bicyclic) bond motifs is 4. The zero-order valence-corrected chi connectivity index (χ0v) is 27.6. The second-order valence-corrected chi connectivity index (χ2v) is 14.9. The van der Waals surface area contributed by atoms with Crippen LogP contribution in [0.5, 0.6) is 0 Å². The Balaban J connectivity index is 1.61. The Bertz CT molecular complexity index is 2060. The molecule has 44 heavy (non-hydrogen) atoms. The van der Waals surface area contributed by atoms with Crippen LogP contribution in [-0.4, -0.2) is 0 Å². The largest absolute Gasteiger partial charge is 0.454 e. The van der Waals surface area contributed by atoms with Crippen molar-refractivity contribution in [1.82, 2.24) is 0 Å². The molecule has 3 aromatic carbocycles. The second kappa shape index (κ2) is 9.80. The fraction of sp³-hybridized carbons (Fsp3) is 0.415. The maximum atomic E-state index is 10.6. The zero-order valence-electron chi connectivity index (χ0n) is 28.6. The lowest BCUT2D eigenvalue weighted by atomic mass is 9.59. The summed E-state index contributed by atoms with van der Waals surface area (Å²) in [5.41, 5.74) is 10.8. The highest BCUT2D eigenvalue weighted by molar-refractivity contribution is 6.14. The van der Waals surface area contributed by atoms with E-state index >= 15 is 0 Å². The summed E-state index contributed by atoms with van der Waals surface area (Å²) in [6.45, 7) is 16.4. The molecule has 0 amide bonds. The molecule has 0 unspecified atom stereocenters. The van der Waals surface area contributed by atoms with Crippen molar-refractivity contribution in [1.29, 1.82) is 5.26 Å². The van der Waals surface area contributed by atoms with Crippen molar-refractivity contribution >= 4 is 21.9 Å². The lowest BCUT2D eigenvalue weighted by Gasteiger charge is -2.45. The Hall–Kier alpha value is -3.90. The minimum absolute atomic E-state index is 0.0981. The minimum Gasteiger partial charge on any atom is -0.454 e. The SMILES string of the molecule is [2H]C1(c2ccc(-c3c(C#N)ccc4c3oc3c(-c5cccc[n+]5C)c(C)ccc34)c3c2C(C)(C)C(C)(C)C3(C)C)CCCCC1. The first-order valence-corrected chi connectivity index (χ1v) is 16.3. The van der Waals surface area contributed by atoms with Crippen molar-refractivity contribution in [2.24, 2.45) is 12.5 Å². The molecular formula is C41H45N2O+. The number of hydrogen-bond acceptors (Lipinski definition) is 2. The fourth-order valence-corrected chi connectivity index (χ4v) is 8.52. The third-order valence-corrected chi connectivity index (χ3v) is 12.1. The van der Waals surface area contributed by atoms with Gasteiger partial charge in [-0.25, -0.2) is 4.57 Å². The number of pyridine rings is 1. The van der Waals surface area contributed by atoms with Crippen molar-refractivity contribution in [3.05, 3.63) is 88.6 Å². The molecule has 0 atom stereocenters. The van der Waals surface area contributed by atoms with Crippen LogP contribution in [0.3, 0.4) is 0 Å². The van der Waals surface area contributed by atoms with Crippen molar-refractivity contribution < 1.29 is 10.4 Å². The third kappa shape index (κ3) is 3.76. The Morgan fingerprint density at radius 1 is 0.818 bits per heavy atom. The van der Waals surface area contributed by atoms with E-state index in [4.69, 9.17) is 4.42 Å². The standard InChI is InChI=1S/C41H45N2O/c1-25-17-19-29-30-20-18-27(24-42)34(38(30)44-37(29)33(25)32-16-12-13-23-43(32)8)31-22-21-28(26-14-10-9-11-15-26)35-36(31)40(4,5)41(6,7)39(35,2)3/h12-13,16-23,26H,9-11,14-15H2,1-8H3/q+1/i26D. The Labute approximate surface area is 263 Å². The van der Waals surface area contributed by atoms with E-state index in [1.807, 2.05) is 12.1 Å². The van der Waals surface area contributed by atoms with Crippen LogP contribution < -0.4 is 4.57 Å². The van der Waals surface area contributed by atoms with Crippen molar-refractivity contribution in [2.75, 3.05) is 0 Å². The summed E-state index contributed by atoms with van der Waals surface area (Å²) in [6.07, 6.45) is 7.28. The Morgan fingerprint density at radius 3 is 2.16 bits per heavy atom. The molecule has 0 aliphatic heterocycles. The van der Waals surface area contributed by atoms with Gasteiger partial charge in [0.15, 0.2) is 6.20 Å². The highest BCUT2D eigenvalue weighted by Gasteiger charge is 2.59. The fourth-order valence-electron chi connectivity index (χ4n) is 8.52. The molecule has 1 fully saturated rings. The summed E-state index contributed by atoms with van der Waals surface area (Å²) in [5, 5.41) is 12.7. The first-order chi connectivity index (χ1) is 21.3. The molecule has 0 N–H and O–H groups in total. The number of hydrogen-bond donors (Lipinski definition) is 0. The average molecular weight is 583 g/mol. The molecule has 2 heterocycles. The van der Waals surface area contributed by atoms with Crippen LogP contribution in [0.25, 0.3) is 44.3 Å². The van der Waals surface area contributed by atoms with Gasteiger partial charge in [0.25, 0.3) is 0 Å². The maximum Gasteiger partial charge on any atom is 0.216 e. The van der Waals surface area contributed by atoms with Gasteiger partial charge in [-0.1, -0.05) is 85.1 Å². The molecule has 1 saturated carbocycles. The van der Waals surface area contributed by atoms with Gasteiger partial charge in [0.1, 0.15) is 18.2 Å². The van der Waals surface area contributed by atoms with Gasteiger partial charge < -0.3 is 4.42 Å². The smallest absolute Gasteiger partial charge is 0.216 e. The van der Waals surface area contributed by atoms with Gasteiger partial charge in [-0.2, -0.15) is 5.26 Å². The van der Waals surface area contributed by atoms with Crippen LogP contribution in [-0.2, 0) is 17.9 Å². The van der Waals surface area contributed by atoms with Crippen LogP contribution in [0.15, 0.2) is 65.2 Å². The Morgan fingerprint density at radius 2 is 1.48 bits per heavy atom. The first kappa shape index (κ1) is 27.6.